The van der Waals surface area contributed by atoms with Crippen molar-refractivity contribution in [2.45, 2.75) is 37.1 Å². The summed E-state index contributed by atoms with van der Waals surface area (Å²) in [5.41, 5.74) is -1.56. The number of nitrogens with zero attached hydrogens (tertiary/aromatic N) is 2. The molecule has 12 heteroatoms. The highest BCUT2D eigenvalue weighted by atomic mass is 32.2. The predicted molar refractivity (Wildman–Crippen MR) is 126 cm³/mol. The maximum Gasteiger partial charge on any atom is 0.416 e. The normalized spacial score (nSPS) is 14.5. The first-order chi connectivity index (χ1) is 16.8. The molecule has 4 rings (SSSR count). The molecular formula is C24H25F3N2O6S. The van der Waals surface area contributed by atoms with E-state index in [0.717, 1.165) is 27.9 Å². The zero-order valence-corrected chi connectivity index (χ0v) is 20.9. The topological polar surface area (TPSA) is 87.1 Å². The van der Waals surface area contributed by atoms with Crippen LogP contribution in [0.25, 0.3) is 10.9 Å². The lowest BCUT2D eigenvalue weighted by atomic mass is 10.1. The molecule has 8 nitrogen and oxygen atoms in total. The zero-order valence-electron chi connectivity index (χ0n) is 20.0. The Hall–Kier alpha value is -3.25. The standard InChI is InChI=1S/C24H25F3N2O6S/c1-23(2,22(30)33-4)35-14-17-12-15-11-16(24(25,26)27)5-7-19(15)29(17)36(31,32)18-6-8-20-21(13-18)34-10-9-28(20)3/h5-8,11-13H,9-10,14H2,1-4H3. The first-order valence-corrected chi connectivity index (χ1v) is 12.4. The molecule has 3 aromatic rings. The van der Waals surface area contributed by atoms with Crippen LogP contribution in [0.2, 0.25) is 0 Å². The lowest BCUT2D eigenvalue weighted by Gasteiger charge is -2.28. The summed E-state index contributed by atoms with van der Waals surface area (Å²) in [5, 5.41) is 0.0526. The summed E-state index contributed by atoms with van der Waals surface area (Å²) in [6, 6.07) is 8.53. The second kappa shape index (κ2) is 9.00. The van der Waals surface area contributed by atoms with E-state index in [4.69, 9.17) is 14.2 Å². The molecule has 2 heterocycles. The van der Waals surface area contributed by atoms with Gasteiger partial charge in [0.1, 0.15) is 12.4 Å². The quantitative estimate of drug-likeness (QED) is 0.445. The Morgan fingerprint density at radius 2 is 1.83 bits per heavy atom. The molecule has 0 amide bonds. The average Bonchev–Trinajstić information content (AvgIpc) is 3.20. The summed E-state index contributed by atoms with van der Waals surface area (Å²) in [6.07, 6.45) is -4.61. The summed E-state index contributed by atoms with van der Waals surface area (Å²) < 4.78 is 84.6. The van der Waals surface area contributed by atoms with E-state index >= 15 is 0 Å². The fourth-order valence-corrected chi connectivity index (χ4v) is 5.52. The number of ether oxygens (including phenoxy) is 3. The minimum Gasteiger partial charge on any atom is -0.490 e. The molecule has 0 radical (unpaired) electrons. The fraction of sp³-hybridized carbons (Fsp3) is 0.375. The Morgan fingerprint density at radius 3 is 2.50 bits per heavy atom. The first-order valence-electron chi connectivity index (χ1n) is 10.9. The van der Waals surface area contributed by atoms with Gasteiger partial charge in [0.2, 0.25) is 0 Å². The SMILES string of the molecule is COC(=O)C(C)(C)OCc1cc2cc(C(F)(F)F)ccc2n1S(=O)(=O)c1ccc2c(c1)OCCN2C. The van der Waals surface area contributed by atoms with Gasteiger partial charge >= 0.3 is 12.1 Å². The molecule has 36 heavy (non-hydrogen) atoms. The van der Waals surface area contributed by atoms with E-state index in [0.29, 0.717) is 18.9 Å². The number of anilines is 1. The van der Waals surface area contributed by atoms with Crippen molar-refractivity contribution in [3.63, 3.8) is 0 Å². The molecule has 0 fully saturated rings. The van der Waals surface area contributed by atoms with Gasteiger partial charge in [-0.1, -0.05) is 0 Å². The van der Waals surface area contributed by atoms with Gasteiger partial charge in [0, 0.05) is 18.5 Å². The highest BCUT2D eigenvalue weighted by Crippen LogP contribution is 2.37. The van der Waals surface area contributed by atoms with Crippen LogP contribution < -0.4 is 9.64 Å². The van der Waals surface area contributed by atoms with Gasteiger partial charge in [0.15, 0.2) is 5.60 Å². The van der Waals surface area contributed by atoms with Crippen LogP contribution in [0.3, 0.4) is 0 Å². The number of hydrogen-bond donors (Lipinski definition) is 0. The Labute approximate surface area is 206 Å². The third-order valence-corrected chi connectivity index (χ3v) is 7.74. The molecule has 0 aliphatic carbocycles. The second-order valence-corrected chi connectivity index (χ2v) is 10.7. The van der Waals surface area contributed by atoms with Crippen molar-refractivity contribution in [3.8, 4) is 5.75 Å². The number of esters is 1. The number of carbonyl (C=O) groups excluding carboxylic acids is 1. The highest BCUT2D eigenvalue weighted by Gasteiger charge is 2.34. The number of rotatable bonds is 6. The van der Waals surface area contributed by atoms with Gasteiger partial charge in [0.05, 0.1) is 47.6 Å². The number of alkyl halides is 3. The van der Waals surface area contributed by atoms with Gasteiger partial charge in [-0.05, 0) is 50.2 Å². The van der Waals surface area contributed by atoms with Gasteiger partial charge in [0.25, 0.3) is 10.0 Å². The maximum atomic E-state index is 13.8. The minimum absolute atomic E-state index is 0.0354. The monoisotopic (exact) mass is 526 g/mol. The average molecular weight is 527 g/mol. The largest absolute Gasteiger partial charge is 0.490 e. The highest BCUT2D eigenvalue weighted by molar-refractivity contribution is 7.90. The molecule has 0 spiro atoms. The third kappa shape index (κ3) is 4.62. The molecule has 1 aliphatic heterocycles. The molecule has 0 N–H and O–H groups in total. The number of benzene rings is 2. The van der Waals surface area contributed by atoms with Crippen LogP contribution in [-0.4, -0.2) is 51.3 Å². The van der Waals surface area contributed by atoms with E-state index in [1.807, 2.05) is 11.9 Å². The van der Waals surface area contributed by atoms with E-state index in [2.05, 4.69) is 0 Å². The number of hydrogen-bond acceptors (Lipinski definition) is 7. The van der Waals surface area contributed by atoms with E-state index in [1.165, 1.54) is 39.2 Å². The van der Waals surface area contributed by atoms with Crippen LogP contribution in [-0.2, 0) is 37.1 Å². The van der Waals surface area contributed by atoms with Crippen molar-refractivity contribution < 1.29 is 40.6 Å². The molecule has 0 saturated carbocycles. The summed E-state index contributed by atoms with van der Waals surface area (Å²) in [6.45, 7) is 3.52. The van der Waals surface area contributed by atoms with Gasteiger partial charge < -0.3 is 19.1 Å². The van der Waals surface area contributed by atoms with E-state index < -0.39 is 33.3 Å². The van der Waals surface area contributed by atoms with Crippen molar-refractivity contribution in [1.29, 1.82) is 0 Å². The van der Waals surface area contributed by atoms with Gasteiger partial charge in [-0.15, -0.1) is 0 Å². The van der Waals surface area contributed by atoms with E-state index in [9.17, 15) is 26.4 Å². The van der Waals surface area contributed by atoms with Crippen LogP contribution in [0.4, 0.5) is 18.9 Å². The molecule has 194 valence electrons. The summed E-state index contributed by atoms with van der Waals surface area (Å²) in [7, 11) is -1.27. The van der Waals surface area contributed by atoms with Gasteiger partial charge in [-0.3, -0.25) is 0 Å². The number of halogens is 3. The Balaban J connectivity index is 1.86. The predicted octanol–water partition coefficient (Wildman–Crippen LogP) is 4.19. The zero-order chi connectivity index (χ0) is 26.5. The molecule has 0 bridgehead atoms. The number of carbonyl (C=O) groups is 1. The second-order valence-electron chi connectivity index (χ2n) is 8.87. The molecule has 0 atom stereocenters. The molecule has 1 aromatic heterocycles. The lowest BCUT2D eigenvalue weighted by Crippen LogP contribution is -2.36. The smallest absolute Gasteiger partial charge is 0.416 e. The van der Waals surface area contributed by atoms with Gasteiger partial charge in [-0.2, -0.15) is 13.2 Å². The summed E-state index contributed by atoms with van der Waals surface area (Å²) in [4.78, 5) is 13.8. The molecular weight excluding hydrogens is 501 g/mol. The number of aromatic nitrogens is 1. The van der Waals surface area contributed by atoms with E-state index in [1.54, 1.807) is 6.07 Å². The van der Waals surface area contributed by atoms with Crippen LogP contribution in [0.1, 0.15) is 25.1 Å². The fourth-order valence-electron chi connectivity index (χ4n) is 3.97. The summed E-state index contributed by atoms with van der Waals surface area (Å²) >= 11 is 0. The molecule has 1 aliphatic rings. The van der Waals surface area contributed by atoms with Crippen LogP contribution in [0.15, 0.2) is 47.4 Å². The van der Waals surface area contributed by atoms with Crippen LogP contribution >= 0.6 is 0 Å². The number of likely N-dealkylation sites (N-methyl/N-ethyl adjacent to an activating group) is 1. The summed E-state index contributed by atoms with van der Waals surface area (Å²) in [5.74, 6) is -0.311. The van der Waals surface area contributed by atoms with Crippen molar-refractivity contribution >= 4 is 32.6 Å². The van der Waals surface area contributed by atoms with Crippen LogP contribution in [0.5, 0.6) is 5.75 Å². The minimum atomic E-state index is -4.61. The maximum absolute atomic E-state index is 13.8. The Morgan fingerprint density at radius 1 is 1.11 bits per heavy atom. The third-order valence-electron chi connectivity index (χ3n) is 5.98. The first kappa shape index (κ1) is 25.8. The molecule has 0 saturated heterocycles. The van der Waals surface area contributed by atoms with Crippen molar-refractivity contribution in [2.75, 3.05) is 32.2 Å². The lowest BCUT2D eigenvalue weighted by molar-refractivity contribution is -0.166. The van der Waals surface area contributed by atoms with Crippen molar-refractivity contribution in [3.05, 3.63) is 53.7 Å². The number of fused-ring (bicyclic) bond motifs is 2. The Kier molecular flexibility index (Phi) is 6.46. The molecule has 2 aromatic carbocycles. The van der Waals surface area contributed by atoms with Crippen LogP contribution in [0, 0.1) is 0 Å². The number of methoxy groups -OCH3 is 1. The van der Waals surface area contributed by atoms with Gasteiger partial charge in [-0.25, -0.2) is 17.2 Å². The van der Waals surface area contributed by atoms with Crippen molar-refractivity contribution in [1.82, 2.24) is 3.97 Å². The molecule has 0 unspecified atom stereocenters. The van der Waals surface area contributed by atoms with E-state index in [-0.39, 0.29) is 28.1 Å². The van der Waals surface area contributed by atoms with Crippen molar-refractivity contribution in [2.24, 2.45) is 0 Å². The Bertz CT molecular complexity index is 1430.